The van der Waals surface area contributed by atoms with Gasteiger partial charge in [-0.2, -0.15) is 0 Å². The van der Waals surface area contributed by atoms with E-state index in [0.717, 1.165) is 39.0 Å². The number of aryl methyl sites for hydroxylation is 1. The number of H-pyrrole nitrogens is 1. The lowest BCUT2D eigenvalue weighted by Crippen LogP contribution is -2.26. The molecule has 0 saturated carbocycles. The number of carbonyl (C=O) groups excluding carboxylic acids is 1. The summed E-state index contributed by atoms with van der Waals surface area (Å²) in [7, 11) is 3.58. The number of aromatic nitrogens is 2. The highest BCUT2D eigenvalue weighted by Crippen LogP contribution is 2.31. The van der Waals surface area contributed by atoms with Crippen LogP contribution in [0.2, 0.25) is 0 Å². The van der Waals surface area contributed by atoms with Crippen molar-refractivity contribution in [2.75, 3.05) is 14.1 Å². The molecular formula is C45H39Br4F5N6O8. The van der Waals surface area contributed by atoms with Crippen LogP contribution in [-0.4, -0.2) is 55.0 Å². The first-order chi connectivity index (χ1) is 31.6. The van der Waals surface area contributed by atoms with E-state index in [1.165, 1.54) is 53.1 Å². The largest absolute Gasteiger partial charge is 0.443 e. The second-order valence-electron chi connectivity index (χ2n) is 15.1. The summed E-state index contributed by atoms with van der Waals surface area (Å²) in [5.41, 5.74) is 1.32. The highest BCUT2D eigenvalue weighted by molar-refractivity contribution is 9.11. The number of benzene rings is 5. The Balaban J connectivity index is 0.000000228. The van der Waals surface area contributed by atoms with Gasteiger partial charge in [-0.1, -0.05) is 15.9 Å². The Morgan fingerprint density at radius 1 is 0.662 bits per heavy atom. The average Bonchev–Trinajstić information content (AvgIpc) is 3.88. The molecule has 0 unspecified atom stereocenters. The number of rotatable bonds is 5. The SMILES string of the molecule is CC(C)(C)OC(=O)n1ccc2c(Br)cc(F)cc21.CN(C)/C=C/c1c(Br)cc(F)cc1[N+](=O)[O-].Cc1c(Br)cc(F)cc1[N+](=O)[O-].Cc1ccc(F)cc1[N+](=O)[O-].Fc1cc(Br)c2cc[nH]c2c1. The van der Waals surface area contributed by atoms with Gasteiger partial charge in [0.25, 0.3) is 17.1 Å². The summed E-state index contributed by atoms with van der Waals surface area (Å²) in [5, 5.41) is 33.1. The third-order valence-electron chi connectivity index (χ3n) is 8.55. The van der Waals surface area contributed by atoms with E-state index >= 15 is 0 Å². The summed E-state index contributed by atoms with van der Waals surface area (Å²) in [5.74, 6) is -2.47. The molecule has 0 aliphatic rings. The maximum Gasteiger partial charge on any atom is 0.418 e. The maximum absolute atomic E-state index is 13.4. The van der Waals surface area contributed by atoms with Gasteiger partial charge in [0.1, 0.15) is 34.7 Å². The summed E-state index contributed by atoms with van der Waals surface area (Å²) in [6, 6.07) is 16.9. The molecule has 0 atom stereocenters. The first-order valence-corrected chi connectivity index (χ1v) is 22.4. The molecular weight excluding hydrogens is 1170 g/mol. The number of hydrogen-bond donors (Lipinski definition) is 1. The molecule has 14 nitrogen and oxygen atoms in total. The molecule has 0 radical (unpaired) electrons. The van der Waals surface area contributed by atoms with Gasteiger partial charge >= 0.3 is 6.09 Å². The number of nitro groups is 3. The number of nitrogens with one attached hydrogen (secondary N) is 1. The van der Waals surface area contributed by atoms with Crippen molar-refractivity contribution in [1.29, 1.82) is 0 Å². The van der Waals surface area contributed by atoms with E-state index in [0.29, 0.717) is 35.6 Å². The van der Waals surface area contributed by atoms with Crippen molar-refractivity contribution in [1.82, 2.24) is 14.5 Å². The Labute approximate surface area is 418 Å². The smallest absolute Gasteiger partial charge is 0.418 e. The molecule has 0 aliphatic carbocycles. The van der Waals surface area contributed by atoms with Gasteiger partial charge in [-0.05, 0) is 155 Å². The highest BCUT2D eigenvalue weighted by Gasteiger charge is 2.20. The first kappa shape index (κ1) is 56.3. The zero-order valence-corrected chi connectivity index (χ0v) is 43.1. The van der Waals surface area contributed by atoms with Crippen molar-refractivity contribution >= 4 is 115 Å². The molecule has 0 saturated heterocycles. The molecule has 0 aliphatic heterocycles. The van der Waals surface area contributed by atoms with Gasteiger partial charge in [0.2, 0.25) is 0 Å². The van der Waals surface area contributed by atoms with Crippen LogP contribution in [0.15, 0.2) is 115 Å². The van der Waals surface area contributed by atoms with Gasteiger partial charge in [-0.3, -0.25) is 34.9 Å². The Kier molecular flexibility index (Phi) is 20.5. The molecule has 2 heterocycles. The number of carbonyl (C=O) groups is 1. The Morgan fingerprint density at radius 3 is 1.71 bits per heavy atom. The van der Waals surface area contributed by atoms with Gasteiger partial charge in [0.15, 0.2) is 0 Å². The maximum atomic E-state index is 13.4. The van der Waals surface area contributed by atoms with Crippen LogP contribution in [0.4, 0.5) is 43.8 Å². The average molecular weight is 1210 g/mol. The summed E-state index contributed by atoms with van der Waals surface area (Å²) < 4.78 is 72.8. The molecule has 0 spiro atoms. The molecule has 360 valence electrons. The van der Waals surface area contributed by atoms with Gasteiger partial charge in [0, 0.05) is 71.8 Å². The zero-order valence-electron chi connectivity index (χ0n) is 36.7. The van der Waals surface area contributed by atoms with Crippen molar-refractivity contribution in [3.8, 4) is 0 Å². The number of ether oxygens (including phenoxy) is 1. The number of nitro benzene ring substituents is 3. The number of nitrogens with zero attached hydrogens (tertiary/aromatic N) is 5. The van der Waals surface area contributed by atoms with Crippen LogP contribution in [0, 0.1) is 73.3 Å². The fourth-order valence-corrected chi connectivity index (χ4v) is 7.53. The van der Waals surface area contributed by atoms with Gasteiger partial charge in [-0.15, -0.1) is 0 Å². The third kappa shape index (κ3) is 16.6. The molecule has 7 aromatic rings. The van der Waals surface area contributed by atoms with Gasteiger partial charge < -0.3 is 14.6 Å². The highest BCUT2D eigenvalue weighted by atomic mass is 79.9. The minimum atomic E-state index is -0.638. The molecule has 2 aromatic heterocycles. The first-order valence-electron chi connectivity index (χ1n) is 19.2. The number of aromatic amines is 1. The van der Waals surface area contributed by atoms with Crippen molar-refractivity contribution in [2.45, 2.75) is 40.2 Å². The quantitative estimate of drug-likeness (QED) is 0.0997. The Morgan fingerprint density at radius 2 is 1.16 bits per heavy atom. The molecule has 0 fully saturated rings. The van der Waals surface area contributed by atoms with E-state index < -0.39 is 49.7 Å². The molecule has 68 heavy (non-hydrogen) atoms. The fourth-order valence-electron chi connectivity index (χ4n) is 5.44. The van der Waals surface area contributed by atoms with Crippen molar-refractivity contribution in [3.63, 3.8) is 0 Å². The van der Waals surface area contributed by atoms with E-state index in [9.17, 15) is 57.1 Å². The lowest BCUT2D eigenvalue weighted by atomic mass is 10.1. The van der Waals surface area contributed by atoms with Crippen molar-refractivity contribution in [2.24, 2.45) is 0 Å². The van der Waals surface area contributed by atoms with Crippen LogP contribution in [0.25, 0.3) is 27.9 Å². The lowest BCUT2D eigenvalue weighted by molar-refractivity contribution is -0.385. The molecule has 23 heteroatoms. The molecule has 1 N–H and O–H groups in total. The van der Waals surface area contributed by atoms with Crippen LogP contribution in [-0.2, 0) is 4.74 Å². The summed E-state index contributed by atoms with van der Waals surface area (Å²) in [4.78, 5) is 46.1. The van der Waals surface area contributed by atoms with E-state index in [-0.39, 0.29) is 22.9 Å². The predicted octanol–water partition coefficient (Wildman–Crippen LogP) is 15.3. The summed E-state index contributed by atoms with van der Waals surface area (Å²) in [6.07, 6.45) is 6.06. The second kappa shape index (κ2) is 24.8. The fraction of sp³-hybridized carbons (Fsp3) is 0.178. The lowest BCUT2D eigenvalue weighted by Gasteiger charge is -2.19. The van der Waals surface area contributed by atoms with Crippen LogP contribution in [0.1, 0.15) is 37.5 Å². The Hall–Kier alpha value is -6.04. The monoisotopic (exact) mass is 1200 g/mol. The van der Waals surface area contributed by atoms with Gasteiger partial charge in [0.05, 0.1) is 44.0 Å². The van der Waals surface area contributed by atoms with E-state index in [1.54, 1.807) is 84.3 Å². The predicted molar refractivity (Wildman–Crippen MR) is 264 cm³/mol. The standard InChI is InChI=1S/C13H13BrFNO2.C10H10BrFN2O2.C8H5BrFN.C7H5BrFNO2.C7H6FNO2/c1-13(2,3)18-12(17)16-5-4-9-10(14)6-8(15)7-11(9)16;1-13(2)4-3-8-9(11)5-7(12)6-10(8)14(15)16;9-7-3-5(10)4-8-6(7)1-2-11-8;1-4-6(8)2-5(9)3-7(4)10(11)12;1-5-2-3-6(8)4-7(5)9(10)11/h4-7H,1-3H3;3-6H,1-2H3;1-4,11H;2-3H,1H3;2-4H,1H3/b;4-3+;;;. The molecule has 0 amide bonds. The van der Waals surface area contributed by atoms with Crippen LogP contribution < -0.4 is 0 Å². The van der Waals surface area contributed by atoms with Crippen LogP contribution in [0.5, 0.6) is 0 Å². The minimum Gasteiger partial charge on any atom is -0.443 e. The normalized spacial score (nSPS) is 10.7. The summed E-state index contributed by atoms with van der Waals surface area (Å²) >= 11 is 12.7. The van der Waals surface area contributed by atoms with Gasteiger partial charge in [-0.25, -0.2) is 26.7 Å². The van der Waals surface area contributed by atoms with E-state index in [1.807, 2.05) is 6.07 Å². The molecule has 0 bridgehead atoms. The second-order valence-corrected chi connectivity index (χ2v) is 18.6. The third-order valence-corrected chi connectivity index (χ3v) is 11.3. The zero-order chi connectivity index (χ0) is 51.4. The Bertz CT molecular complexity index is 3010. The summed E-state index contributed by atoms with van der Waals surface area (Å²) in [6.45, 7) is 8.48. The van der Waals surface area contributed by atoms with E-state index in [2.05, 4.69) is 68.7 Å². The number of hydrogen-bond acceptors (Lipinski definition) is 9. The molecule has 7 rings (SSSR count). The number of halogens is 9. The number of fused-ring (bicyclic) bond motifs is 2. The van der Waals surface area contributed by atoms with E-state index in [4.69, 9.17) is 4.74 Å². The van der Waals surface area contributed by atoms with Crippen LogP contribution in [0.3, 0.4) is 0 Å². The van der Waals surface area contributed by atoms with Crippen molar-refractivity contribution < 1.29 is 46.3 Å². The topological polar surface area (TPSA) is 180 Å². The minimum absolute atomic E-state index is 0.176. The van der Waals surface area contributed by atoms with Crippen molar-refractivity contribution in [3.05, 3.63) is 191 Å². The molecule has 5 aromatic carbocycles. The van der Waals surface area contributed by atoms with Crippen LogP contribution >= 0.6 is 63.7 Å².